The first-order chi connectivity index (χ1) is 9.76. The second kappa shape index (κ2) is 5.77. The first kappa shape index (κ1) is 13.3. The average Bonchev–Trinajstić information content (AvgIpc) is 3.07. The SMILES string of the molecule is CO[C@@H]1CCN(Cc2cn(C)nc2-c2ccccc2)C1. The largest absolute Gasteiger partial charge is 0.380 e. The van der Waals surface area contributed by atoms with Gasteiger partial charge in [-0.15, -0.1) is 0 Å². The quantitative estimate of drug-likeness (QED) is 0.855. The van der Waals surface area contributed by atoms with Crippen LogP contribution in [0.1, 0.15) is 12.0 Å². The molecule has 4 nitrogen and oxygen atoms in total. The lowest BCUT2D eigenvalue weighted by molar-refractivity contribution is 0.107. The molecule has 0 unspecified atom stereocenters. The maximum atomic E-state index is 5.44. The van der Waals surface area contributed by atoms with E-state index in [9.17, 15) is 0 Å². The number of methoxy groups -OCH3 is 1. The number of hydrogen-bond acceptors (Lipinski definition) is 3. The van der Waals surface area contributed by atoms with E-state index in [4.69, 9.17) is 4.74 Å². The van der Waals surface area contributed by atoms with Crippen molar-refractivity contribution in [3.05, 3.63) is 42.1 Å². The van der Waals surface area contributed by atoms with Crippen molar-refractivity contribution in [1.29, 1.82) is 0 Å². The molecular formula is C16H21N3O. The Morgan fingerprint density at radius 2 is 2.10 bits per heavy atom. The molecule has 106 valence electrons. The Morgan fingerprint density at radius 1 is 1.30 bits per heavy atom. The third-order valence-corrected chi connectivity index (χ3v) is 3.91. The molecule has 1 fully saturated rings. The molecule has 2 heterocycles. The maximum absolute atomic E-state index is 5.44. The summed E-state index contributed by atoms with van der Waals surface area (Å²) in [7, 11) is 3.78. The second-order valence-corrected chi connectivity index (χ2v) is 5.42. The van der Waals surface area contributed by atoms with Crippen molar-refractivity contribution in [2.24, 2.45) is 7.05 Å². The van der Waals surface area contributed by atoms with Crippen LogP contribution in [-0.2, 0) is 18.3 Å². The Labute approximate surface area is 120 Å². The summed E-state index contributed by atoms with van der Waals surface area (Å²) < 4.78 is 7.34. The first-order valence-corrected chi connectivity index (χ1v) is 7.09. The van der Waals surface area contributed by atoms with Gasteiger partial charge in [-0.05, 0) is 6.42 Å². The molecule has 0 bridgehead atoms. The van der Waals surface area contributed by atoms with E-state index >= 15 is 0 Å². The molecule has 1 aliphatic heterocycles. The summed E-state index contributed by atoms with van der Waals surface area (Å²) in [5, 5.41) is 4.62. The molecule has 1 aromatic carbocycles. The lowest BCUT2D eigenvalue weighted by Crippen LogP contribution is -2.22. The molecule has 1 aromatic heterocycles. The topological polar surface area (TPSA) is 30.3 Å². The summed E-state index contributed by atoms with van der Waals surface area (Å²) >= 11 is 0. The van der Waals surface area contributed by atoms with Crippen LogP contribution in [-0.4, -0.2) is 41.0 Å². The van der Waals surface area contributed by atoms with E-state index in [1.807, 2.05) is 17.8 Å². The highest BCUT2D eigenvalue weighted by Crippen LogP contribution is 2.24. The van der Waals surface area contributed by atoms with Crippen molar-refractivity contribution in [3.8, 4) is 11.3 Å². The van der Waals surface area contributed by atoms with Gasteiger partial charge in [0.2, 0.25) is 0 Å². The Kier molecular flexibility index (Phi) is 3.85. The minimum Gasteiger partial charge on any atom is -0.380 e. The van der Waals surface area contributed by atoms with Crippen molar-refractivity contribution < 1.29 is 4.74 Å². The van der Waals surface area contributed by atoms with E-state index in [0.29, 0.717) is 6.10 Å². The van der Waals surface area contributed by atoms with Crippen LogP contribution in [0.2, 0.25) is 0 Å². The number of nitrogens with zero attached hydrogens (tertiary/aromatic N) is 3. The van der Waals surface area contributed by atoms with Crippen LogP contribution in [0.15, 0.2) is 36.5 Å². The highest BCUT2D eigenvalue weighted by atomic mass is 16.5. The molecule has 2 aromatic rings. The van der Waals surface area contributed by atoms with E-state index in [1.165, 1.54) is 11.1 Å². The van der Waals surface area contributed by atoms with E-state index in [0.717, 1.165) is 31.7 Å². The van der Waals surface area contributed by atoms with Crippen molar-refractivity contribution in [1.82, 2.24) is 14.7 Å². The highest BCUT2D eigenvalue weighted by molar-refractivity contribution is 5.62. The van der Waals surface area contributed by atoms with Gasteiger partial charge in [-0.3, -0.25) is 9.58 Å². The average molecular weight is 271 g/mol. The molecule has 1 saturated heterocycles. The van der Waals surface area contributed by atoms with Gasteiger partial charge in [0.05, 0.1) is 11.8 Å². The van der Waals surface area contributed by atoms with Gasteiger partial charge in [0.1, 0.15) is 0 Å². The second-order valence-electron chi connectivity index (χ2n) is 5.42. The zero-order valence-corrected chi connectivity index (χ0v) is 12.1. The fraction of sp³-hybridized carbons (Fsp3) is 0.438. The molecule has 0 spiro atoms. The molecule has 0 radical (unpaired) electrons. The molecular weight excluding hydrogens is 250 g/mol. The number of aryl methyl sites for hydroxylation is 1. The number of hydrogen-bond donors (Lipinski definition) is 0. The van der Waals surface area contributed by atoms with Crippen LogP contribution in [0, 0.1) is 0 Å². The van der Waals surface area contributed by atoms with Crippen LogP contribution in [0.4, 0.5) is 0 Å². The lowest BCUT2D eigenvalue weighted by atomic mass is 10.1. The van der Waals surface area contributed by atoms with Crippen LogP contribution in [0.5, 0.6) is 0 Å². The van der Waals surface area contributed by atoms with Crippen molar-refractivity contribution in [2.45, 2.75) is 19.1 Å². The molecule has 1 atom stereocenters. The highest BCUT2D eigenvalue weighted by Gasteiger charge is 2.23. The van der Waals surface area contributed by atoms with Gasteiger partial charge in [-0.2, -0.15) is 5.10 Å². The third-order valence-electron chi connectivity index (χ3n) is 3.91. The van der Waals surface area contributed by atoms with Gasteiger partial charge in [0.15, 0.2) is 0 Å². The van der Waals surface area contributed by atoms with Gasteiger partial charge in [0.25, 0.3) is 0 Å². The summed E-state index contributed by atoms with van der Waals surface area (Å²) in [6.45, 7) is 3.05. The fourth-order valence-corrected chi connectivity index (χ4v) is 2.87. The summed E-state index contributed by atoms with van der Waals surface area (Å²) in [6, 6.07) is 10.4. The van der Waals surface area contributed by atoms with Gasteiger partial charge < -0.3 is 4.74 Å². The number of ether oxygens (including phenoxy) is 1. The Hall–Kier alpha value is -1.65. The van der Waals surface area contributed by atoms with Crippen LogP contribution in [0.3, 0.4) is 0 Å². The lowest BCUT2D eigenvalue weighted by Gasteiger charge is -2.15. The normalized spacial score (nSPS) is 19.6. The molecule has 20 heavy (non-hydrogen) atoms. The van der Waals surface area contributed by atoms with Crippen molar-refractivity contribution >= 4 is 0 Å². The monoisotopic (exact) mass is 271 g/mol. The predicted octanol–water partition coefficient (Wildman–Crippen LogP) is 2.31. The molecule has 1 aliphatic rings. The number of rotatable bonds is 4. The summed E-state index contributed by atoms with van der Waals surface area (Å²) in [5.41, 5.74) is 3.56. The molecule has 0 N–H and O–H groups in total. The summed E-state index contributed by atoms with van der Waals surface area (Å²) in [6.07, 6.45) is 3.63. The van der Waals surface area contributed by atoms with Crippen LogP contribution < -0.4 is 0 Å². The predicted molar refractivity (Wildman–Crippen MR) is 79.3 cm³/mol. The standard InChI is InChI=1S/C16H21N3O/c1-18-10-14(11-19-9-8-15(12-19)20-2)16(17-18)13-6-4-3-5-7-13/h3-7,10,15H,8-9,11-12H2,1-2H3/t15-/m1/s1. The Morgan fingerprint density at radius 3 is 2.80 bits per heavy atom. The smallest absolute Gasteiger partial charge is 0.0968 e. The van der Waals surface area contributed by atoms with E-state index in [-0.39, 0.29) is 0 Å². The summed E-state index contributed by atoms with van der Waals surface area (Å²) in [5.74, 6) is 0. The molecule has 0 saturated carbocycles. The molecule has 3 rings (SSSR count). The van der Waals surface area contributed by atoms with Gasteiger partial charge in [-0.1, -0.05) is 30.3 Å². The number of benzene rings is 1. The fourth-order valence-electron chi connectivity index (χ4n) is 2.87. The molecule has 0 aliphatic carbocycles. The zero-order chi connectivity index (χ0) is 13.9. The zero-order valence-electron chi connectivity index (χ0n) is 12.1. The van der Waals surface area contributed by atoms with Gasteiger partial charge in [0, 0.05) is 51.1 Å². The molecule has 0 amide bonds. The van der Waals surface area contributed by atoms with Crippen LogP contribution in [0.25, 0.3) is 11.3 Å². The van der Waals surface area contributed by atoms with Gasteiger partial charge >= 0.3 is 0 Å². The maximum Gasteiger partial charge on any atom is 0.0968 e. The Bertz CT molecular complexity index is 564. The third kappa shape index (κ3) is 2.76. The van der Waals surface area contributed by atoms with Crippen LogP contribution >= 0.6 is 0 Å². The number of aromatic nitrogens is 2. The van der Waals surface area contributed by atoms with E-state index < -0.39 is 0 Å². The Balaban J connectivity index is 1.80. The van der Waals surface area contributed by atoms with Gasteiger partial charge in [-0.25, -0.2) is 0 Å². The van der Waals surface area contributed by atoms with E-state index in [1.54, 1.807) is 7.11 Å². The number of likely N-dealkylation sites (tertiary alicyclic amines) is 1. The summed E-state index contributed by atoms with van der Waals surface area (Å²) in [4.78, 5) is 2.44. The van der Waals surface area contributed by atoms with E-state index in [2.05, 4.69) is 40.5 Å². The van der Waals surface area contributed by atoms with Crippen molar-refractivity contribution in [3.63, 3.8) is 0 Å². The first-order valence-electron chi connectivity index (χ1n) is 7.09. The minimum absolute atomic E-state index is 0.381. The molecule has 4 heteroatoms. The minimum atomic E-state index is 0.381. The van der Waals surface area contributed by atoms with Crippen molar-refractivity contribution in [2.75, 3.05) is 20.2 Å².